The Bertz CT molecular complexity index is 605. The summed E-state index contributed by atoms with van der Waals surface area (Å²) < 4.78 is 0. The standard InChI is InChI=1S/C22H33N3O/c1-15-10-20(14-25(15)13-16-6-3-2-4-7-16)24-22(26)19-11-17-8-5-9-18(12-19)21(17)23/h2-4,6-7,15,17-21H,5,8-14,23H2,1H3,(H,24,26). The molecule has 3 fully saturated rings. The molecule has 0 aromatic heterocycles. The fraction of sp³-hybridized carbons (Fsp3) is 0.682. The van der Waals surface area contributed by atoms with E-state index >= 15 is 0 Å². The molecule has 26 heavy (non-hydrogen) atoms. The zero-order valence-electron chi connectivity index (χ0n) is 15.9. The lowest BCUT2D eigenvalue weighted by Crippen LogP contribution is -2.50. The number of nitrogens with two attached hydrogens (primary N) is 1. The maximum atomic E-state index is 12.9. The van der Waals surface area contributed by atoms with Crippen LogP contribution in [0.4, 0.5) is 0 Å². The highest BCUT2D eigenvalue weighted by molar-refractivity contribution is 5.79. The molecule has 142 valence electrons. The van der Waals surface area contributed by atoms with E-state index in [0.717, 1.165) is 32.4 Å². The lowest BCUT2D eigenvalue weighted by atomic mass is 9.65. The predicted octanol–water partition coefficient (Wildman–Crippen LogP) is 2.92. The number of benzene rings is 1. The fourth-order valence-electron chi connectivity index (χ4n) is 5.56. The zero-order chi connectivity index (χ0) is 18.1. The van der Waals surface area contributed by atoms with Gasteiger partial charge >= 0.3 is 0 Å². The van der Waals surface area contributed by atoms with E-state index in [4.69, 9.17) is 5.73 Å². The third kappa shape index (κ3) is 3.81. The highest BCUT2D eigenvalue weighted by atomic mass is 16.2. The van der Waals surface area contributed by atoms with Crippen molar-refractivity contribution in [3.05, 3.63) is 35.9 Å². The molecule has 0 spiro atoms. The van der Waals surface area contributed by atoms with Gasteiger partial charge in [0.1, 0.15) is 0 Å². The number of nitrogens with zero attached hydrogens (tertiary/aromatic N) is 1. The third-order valence-corrected chi connectivity index (χ3v) is 7.06. The number of carbonyl (C=O) groups is 1. The normalized spacial score (nSPS) is 37.5. The van der Waals surface area contributed by atoms with Gasteiger partial charge in [-0.1, -0.05) is 36.8 Å². The molecule has 3 aliphatic rings. The van der Waals surface area contributed by atoms with Crippen LogP contribution in [0.25, 0.3) is 0 Å². The Morgan fingerprint density at radius 2 is 1.85 bits per heavy atom. The second kappa shape index (κ2) is 7.69. The van der Waals surface area contributed by atoms with Crippen LogP contribution in [0.1, 0.15) is 51.0 Å². The predicted molar refractivity (Wildman–Crippen MR) is 104 cm³/mol. The van der Waals surface area contributed by atoms with Crippen LogP contribution in [0, 0.1) is 17.8 Å². The van der Waals surface area contributed by atoms with Gasteiger partial charge < -0.3 is 11.1 Å². The molecule has 3 N–H and O–H groups in total. The Morgan fingerprint density at radius 3 is 2.54 bits per heavy atom. The first kappa shape index (κ1) is 18.0. The molecule has 1 amide bonds. The topological polar surface area (TPSA) is 58.4 Å². The second-order valence-corrected chi connectivity index (χ2v) is 8.90. The van der Waals surface area contributed by atoms with Gasteiger partial charge in [0.25, 0.3) is 0 Å². The molecule has 4 nitrogen and oxygen atoms in total. The van der Waals surface area contributed by atoms with Gasteiger partial charge in [0.2, 0.25) is 5.91 Å². The summed E-state index contributed by atoms with van der Waals surface area (Å²) in [6.07, 6.45) is 6.78. The fourth-order valence-corrected chi connectivity index (χ4v) is 5.56. The summed E-state index contributed by atoms with van der Waals surface area (Å²) in [6, 6.07) is 11.8. The highest BCUT2D eigenvalue weighted by Crippen LogP contribution is 2.42. The molecule has 1 aliphatic heterocycles. The highest BCUT2D eigenvalue weighted by Gasteiger charge is 2.41. The molecule has 4 rings (SSSR count). The van der Waals surface area contributed by atoms with E-state index in [2.05, 4.69) is 47.5 Å². The van der Waals surface area contributed by atoms with Crippen molar-refractivity contribution < 1.29 is 4.79 Å². The van der Waals surface area contributed by atoms with E-state index in [1.54, 1.807) is 0 Å². The van der Waals surface area contributed by atoms with Crippen LogP contribution in [0.15, 0.2) is 30.3 Å². The number of carbonyl (C=O) groups excluding carboxylic acids is 1. The molecule has 2 aliphatic carbocycles. The van der Waals surface area contributed by atoms with Gasteiger partial charge in [0.15, 0.2) is 0 Å². The molecule has 4 unspecified atom stereocenters. The smallest absolute Gasteiger partial charge is 0.223 e. The lowest BCUT2D eigenvalue weighted by molar-refractivity contribution is -0.128. The summed E-state index contributed by atoms with van der Waals surface area (Å²) in [6.45, 7) is 4.21. The van der Waals surface area contributed by atoms with Crippen molar-refractivity contribution in [2.45, 2.75) is 70.1 Å². The average Bonchev–Trinajstić information content (AvgIpc) is 2.94. The first-order chi connectivity index (χ1) is 12.6. The minimum absolute atomic E-state index is 0.184. The van der Waals surface area contributed by atoms with Crippen LogP contribution in [0.2, 0.25) is 0 Å². The third-order valence-electron chi connectivity index (χ3n) is 7.06. The van der Waals surface area contributed by atoms with Crippen molar-refractivity contribution in [1.82, 2.24) is 10.2 Å². The maximum absolute atomic E-state index is 12.9. The minimum Gasteiger partial charge on any atom is -0.352 e. The first-order valence-electron chi connectivity index (χ1n) is 10.4. The number of nitrogens with one attached hydrogen (secondary N) is 1. The van der Waals surface area contributed by atoms with Crippen LogP contribution in [0.3, 0.4) is 0 Å². The summed E-state index contributed by atoms with van der Waals surface area (Å²) in [5.74, 6) is 1.60. The van der Waals surface area contributed by atoms with Gasteiger partial charge in [-0.25, -0.2) is 0 Å². The van der Waals surface area contributed by atoms with Crippen molar-refractivity contribution in [3.63, 3.8) is 0 Å². The van der Waals surface area contributed by atoms with Gasteiger partial charge in [-0.3, -0.25) is 9.69 Å². The lowest BCUT2D eigenvalue weighted by Gasteiger charge is -2.43. The largest absolute Gasteiger partial charge is 0.352 e. The number of amides is 1. The number of hydrogen-bond donors (Lipinski definition) is 2. The molecular weight excluding hydrogens is 322 g/mol. The van der Waals surface area contributed by atoms with Crippen LogP contribution in [0.5, 0.6) is 0 Å². The zero-order valence-corrected chi connectivity index (χ0v) is 15.9. The van der Waals surface area contributed by atoms with Crippen molar-refractivity contribution in [1.29, 1.82) is 0 Å². The number of hydrogen-bond acceptors (Lipinski definition) is 3. The molecule has 2 saturated carbocycles. The van der Waals surface area contributed by atoms with Crippen LogP contribution >= 0.6 is 0 Å². The van der Waals surface area contributed by atoms with E-state index < -0.39 is 0 Å². The van der Waals surface area contributed by atoms with Gasteiger partial charge in [-0.05, 0) is 56.4 Å². The quantitative estimate of drug-likeness (QED) is 0.873. The number of likely N-dealkylation sites (tertiary alicyclic amines) is 1. The monoisotopic (exact) mass is 355 g/mol. The van der Waals surface area contributed by atoms with Crippen LogP contribution < -0.4 is 11.1 Å². The summed E-state index contributed by atoms with van der Waals surface area (Å²) in [5.41, 5.74) is 7.73. The van der Waals surface area contributed by atoms with Crippen molar-refractivity contribution in [3.8, 4) is 0 Å². The van der Waals surface area contributed by atoms with E-state index in [9.17, 15) is 4.79 Å². The van der Waals surface area contributed by atoms with Crippen molar-refractivity contribution >= 4 is 5.91 Å². The van der Waals surface area contributed by atoms with Crippen molar-refractivity contribution in [2.75, 3.05) is 6.54 Å². The van der Waals surface area contributed by atoms with Crippen LogP contribution in [-0.4, -0.2) is 35.5 Å². The van der Waals surface area contributed by atoms with E-state index in [1.807, 2.05) is 0 Å². The van der Waals surface area contributed by atoms with Crippen LogP contribution in [-0.2, 0) is 11.3 Å². The molecular formula is C22H33N3O. The molecule has 1 aromatic carbocycles. The van der Waals surface area contributed by atoms with E-state index in [0.29, 0.717) is 23.9 Å². The molecule has 4 atom stereocenters. The minimum atomic E-state index is 0.184. The molecule has 1 saturated heterocycles. The Hall–Kier alpha value is -1.39. The van der Waals surface area contributed by atoms with Gasteiger partial charge in [-0.15, -0.1) is 0 Å². The Balaban J connectivity index is 1.31. The molecule has 4 heteroatoms. The van der Waals surface area contributed by atoms with E-state index in [1.165, 1.54) is 24.8 Å². The Labute approximate surface area is 157 Å². The Kier molecular flexibility index (Phi) is 5.32. The number of fused-ring (bicyclic) bond motifs is 2. The molecule has 2 bridgehead atoms. The summed E-state index contributed by atoms with van der Waals surface area (Å²) >= 11 is 0. The Morgan fingerprint density at radius 1 is 1.15 bits per heavy atom. The average molecular weight is 356 g/mol. The molecule has 1 aromatic rings. The first-order valence-corrected chi connectivity index (χ1v) is 10.4. The van der Waals surface area contributed by atoms with E-state index in [-0.39, 0.29) is 17.9 Å². The summed E-state index contributed by atoms with van der Waals surface area (Å²) in [4.78, 5) is 15.4. The van der Waals surface area contributed by atoms with Gasteiger partial charge in [0.05, 0.1) is 0 Å². The summed E-state index contributed by atoms with van der Waals surface area (Å²) in [5, 5.41) is 3.38. The summed E-state index contributed by atoms with van der Waals surface area (Å²) in [7, 11) is 0. The maximum Gasteiger partial charge on any atom is 0.223 e. The second-order valence-electron chi connectivity index (χ2n) is 8.90. The van der Waals surface area contributed by atoms with Gasteiger partial charge in [0, 0.05) is 37.1 Å². The molecule has 1 heterocycles. The SMILES string of the molecule is CC1CC(NC(=O)C2CC3CCCC(C2)C3N)CN1Cc1ccccc1. The number of rotatable bonds is 4. The van der Waals surface area contributed by atoms with Gasteiger partial charge in [-0.2, -0.15) is 0 Å². The van der Waals surface area contributed by atoms with Crippen molar-refractivity contribution in [2.24, 2.45) is 23.5 Å². The molecule has 0 radical (unpaired) electrons.